The molecule has 7 heteroatoms. The van der Waals surface area contributed by atoms with Gasteiger partial charge in [0.05, 0.1) is 12.0 Å². The Balaban J connectivity index is 0.000000535. The molecule has 190 valence electrons. The zero-order chi connectivity index (χ0) is 26.0. The van der Waals surface area contributed by atoms with Crippen molar-refractivity contribution in [3.05, 3.63) is 59.7 Å². The Morgan fingerprint density at radius 3 is 2.06 bits per heavy atom. The summed E-state index contributed by atoms with van der Waals surface area (Å²) < 4.78 is 17.9. The van der Waals surface area contributed by atoms with Gasteiger partial charge in [-0.1, -0.05) is 58.2 Å². The first-order valence-corrected chi connectivity index (χ1v) is 11.9. The SMILES string of the molecule is CCC.CCC1(C)CCOCC1.CN=C(C)N.Cc1ccc(NC(=O)c2ccc(F)cn2)cc1. The number of amidine groups is 1. The molecule has 6 nitrogen and oxygen atoms in total. The van der Waals surface area contributed by atoms with E-state index < -0.39 is 5.82 Å². The standard InChI is InChI=1S/C13H11FN2O.C8H16O.C3H8N2.C3H8/c1-9-2-5-11(6-3-9)16-13(17)12-7-4-10(14)8-15-12;1-3-8(2)4-6-9-7-5-8;1-3(4)5-2;1-3-2/h2-8H,1H3,(H,16,17);3-7H2,1-2H3;1-2H3,(H2,4,5);3H2,1-2H3. The third-order valence-corrected chi connectivity index (χ3v) is 5.18. The molecule has 0 atom stereocenters. The monoisotopic (exact) mass is 474 g/mol. The number of carbonyl (C=O) groups is 1. The smallest absolute Gasteiger partial charge is 0.274 e. The second-order valence-electron chi connectivity index (χ2n) is 8.53. The summed E-state index contributed by atoms with van der Waals surface area (Å²) in [6.07, 6.45) is 6.08. The predicted octanol–water partition coefficient (Wildman–Crippen LogP) is 6.40. The molecule has 0 radical (unpaired) electrons. The molecule has 3 N–H and O–H groups in total. The fourth-order valence-corrected chi connectivity index (χ4v) is 2.56. The number of hydrogen-bond acceptors (Lipinski definition) is 4. The first kappa shape index (κ1) is 31.2. The molecule has 1 fully saturated rings. The summed E-state index contributed by atoms with van der Waals surface area (Å²) in [5.41, 5.74) is 7.62. The van der Waals surface area contributed by atoms with E-state index in [0.717, 1.165) is 25.0 Å². The highest BCUT2D eigenvalue weighted by Gasteiger charge is 2.24. The van der Waals surface area contributed by atoms with Gasteiger partial charge < -0.3 is 15.8 Å². The molecule has 0 bridgehead atoms. The van der Waals surface area contributed by atoms with Crippen molar-refractivity contribution in [2.24, 2.45) is 16.1 Å². The van der Waals surface area contributed by atoms with Crippen molar-refractivity contribution in [3.8, 4) is 0 Å². The molecule has 0 unspecified atom stereocenters. The number of nitrogens with one attached hydrogen (secondary N) is 1. The van der Waals surface area contributed by atoms with Crippen molar-refractivity contribution in [2.45, 2.75) is 67.2 Å². The van der Waals surface area contributed by atoms with Crippen molar-refractivity contribution in [2.75, 3.05) is 25.6 Å². The van der Waals surface area contributed by atoms with Crippen molar-refractivity contribution < 1.29 is 13.9 Å². The summed E-state index contributed by atoms with van der Waals surface area (Å²) in [6.45, 7) is 14.5. The van der Waals surface area contributed by atoms with Crippen LogP contribution in [0, 0.1) is 18.2 Å². The summed E-state index contributed by atoms with van der Waals surface area (Å²) >= 11 is 0. The van der Waals surface area contributed by atoms with Gasteiger partial charge in [0.25, 0.3) is 5.91 Å². The number of hydrogen-bond donors (Lipinski definition) is 2. The first-order valence-electron chi connectivity index (χ1n) is 11.9. The lowest BCUT2D eigenvalue weighted by molar-refractivity contribution is 0.0221. The van der Waals surface area contributed by atoms with E-state index in [1.807, 2.05) is 19.1 Å². The molecule has 1 aromatic heterocycles. The van der Waals surface area contributed by atoms with Crippen LogP contribution >= 0.6 is 0 Å². The first-order chi connectivity index (χ1) is 16.1. The zero-order valence-electron chi connectivity index (χ0n) is 22.0. The number of ether oxygens (including phenoxy) is 1. The average Bonchev–Trinajstić information content (AvgIpc) is 2.83. The Morgan fingerprint density at radius 2 is 1.68 bits per heavy atom. The molecule has 1 aromatic carbocycles. The minimum atomic E-state index is -0.461. The Morgan fingerprint density at radius 1 is 1.15 bits per heavy atom. The number of benzene rings is 1. The van der Waals surface area contributed by atoms with E-state index >= 15 is 0 Å². The molecule has 0 aliphatic carbocycles. The summed E-state index contributed by atoms with van der Waals surface area (Å²) in [4.78, 5) is 19.0. The summed E-state index contributed by atoms with van der Waals surface area (Å²) in [7, 11) is 1.66. The molecule has 34 heavy (non-hydrogen) atoms. The fourth-order valence-electron chi connectivity index (χ4n) is 2.56. The van der Waals surface area contributed by atoms with Gasteiger partial charge in [-0.15, -0.1) is 0 Å². The number of carbonyl (C=O) groups excluding carboxylic acids is 1. The Kier molecular flexibility index (Phi) is 16.2. The van der Waals surface area contributed by atoms with Gasteiger partial charge in [0.15, 0.2) is 0 Å². The number of aliphatic imine (C=N–C) groups is 1. The van der Waals surface area contributed by atoms with E-state index in [1.165, 1.54) is 37.8 Å². The highest BCUT2D eigenvalue weighted by Crippen LogP contribution is 2.32. The number of aryl methyl sites for hydroxylation is 1. The van der Waals surface area contributed by atoms with Crippen LogP contribution in [0.25, 0.3) is 0 Å². The van der Waals surface area contributed by atoms with E-state index in [-0.39, 0.29) is 11.6 Å². The van der Waals surface area contributed by atoms with Crippen molar-refractivity contribution in [1.29, 1.82) is 0 Å². The number of pyridine rings is 1. The van der Waals surface area contributed by atoms with Gasteiger partial charge in [-0.2, -0.15) is 0 Å². The number of anilines is 1. The Labute approximate surface area is 205 Å². The van der Waals surface area contributed by atoms with Crippen LogP contribution in [-0.2, 0) is 4.74 Å². The molecule has 1 aliphatic heterocycles. The average molecular weight is 475 g/mol. The van der Waals surface area contributed by atoms with Crippen LogP contribution in [0.2, 0.25) is 0 Å². The Bertz CT molecular complexity index is 827. The normalized spacial score (nSPS) is 14.2. The second kappa shape index (κ2) is 17.6. The van der Waals surface area contributed by atoms with Gasteiger partial charge in [0.1, 0.15) is 11.5 Å². The molecule has 1 saturated heterocycles. The predicted molar refractivity (Wildman–Crippen MR) is 141 cm³/mol. The van der Waals surface area contributed by atoms with Gasteiger partial charge in [-0.05, 0) is 56.4 Å². The van der Waals surface area contributed by atoms with Gasteiger partial charge in [-0.3, -0.25) is 9.79 Å². The maximum Gasteiger partial charge on any atom is 0.274 e. The molecule has 2 aromatic rings. The van der Waals surface area contributed by atoms with Crippen LogP contribution in [0.15, 0.2) is 47.6 Å². The van der Waals surface area contributed by atoms with Crippen LogP contribution in [0.1, 0.15) is 76.4 Å². The summed E-state index contributed by atoms with van der Waals surface area (Å²) in [5, 5.41) is 2.68. The summed E-state index contributed by atoms with van der Waals surface area (Å²) in [5.74, 6) is -0.185. The van der Waals surface area contributed by atoms with Gasteiger partial charge in [0.2, 0.25) is 0 Å². The third kappa shape index (κ3) is 14.4. The number of nitrogens with two attached hydrogens (primary N) is 1. The lowest BCUT2D eigenvalue weighted by atomic mass is 9.80. The molecule has 1 amide bonds. The zero-order valence-corrected chi connectivity index (χ0v) is 22.0. The highest BCUT2D eigenvalue weighted by molar-refractivity contribution is 6.02. The number of halogens is 1. The van der Waals surface area contributed by atoms with E-state index in [4.69, 9.17) is 10.5 Å². The van der Waals surface area contributed by atoms with Crippen LogP contribution in [-0.4, -0.2) is 37.0 Å². The largest absolute Gasteiger partial charge is 0.388 e. The molecular formula is C27H43FN4O2. The molecule has 2 heterocycles. The second-order valence-corrected chi connectivity index (χ2v) is 8.53. The highest BCUT2D eigenvalue weighted by atomic mass is 19.1. The van der Waals surface area contributed by atoms with Crippen molar-refractivity contribution in [3.63, 3.8) is 0 Å². The minimum Gasteiger partial charge on any atom is -0.388 e. The lowest BCUT2D eigenvalue weighted by Crippen LogP contribution is -2.25. The van der Waals surface area contributed by atoms with Crippen LogP contribution in [0.5, 0.6) is 0 Å². The summed E-state index contributed by atoms with van der Waals surface area (Å²) in [6, 6.07) is 9.95. The number of amides is 1. The van der Waals surface area contributed by atoms with Crippen molar-refractivity contribution >= 4 is 17.4 Å². The molecule has 3 rings (SSSR count). The maximum absolute atomic E-state index is 12.6. The fraction of sp³-hybridized carbons (Fsp3) is 0.519. The number of aromatic nitrogens is 1. The van der Waals surface area contributed by atoms with Crippen LogP contribution in [0.4, 0.5) is 10.1 Å². The minimum absolute atomic E-state index is 0.187. The van der Waals surface area contributed by atoms with E-state index in [1.54, 1.807) is 26.1 Å². The van der Waals surface area contributed by atoms with E-state index in [0.29, 0.717) is 16.9 Å². The Hall–Kier alpha value is -2.80. The van der Waals surface area contributed by atoms with Gasteiger partial charge >= 0.3 is 0 Å². The van der Waals surface area contributed by atoms with Gasteiger partial charge in [-0.25, -0.2) is 9.37 Å². The van der Waals surface area contributed by atoms with Crippen LogP contribution in [0.3, 0.4) is 0 Å². The lowest BCUT2D eigenvalue weighted by Gasteiger charge is -2.32. The molecule has 1 aliphatic rings. The van der Waals surface area contributed by atoms with Gasteiger partial charge in [0, 0.05) is 25.9 Å². The molecular weight excluding hydrogens is 431 g/mol. The number of rotatable bonds is 3. The maximum atomic E-state index is 12.6. The molecule has 0 saturated carbocycles. The van der Waals surface area contributed by atoms with Crippen LogP contribution < -0.4 is 11.1 Å². The third-order valence-electron chi connectivity index (χ3n) is 5.18. The van der Waals surface area contributed by atoms with E-state index in [9.17, 15) is 9.18 Å². The quantitative estimate of drug-likeness (QED) is 0.398. The van der Waals surface area contributed by atoms with E-state index in [2.05, 4.69) is 43.0 Å². The molecule has 0 spiro atoms. The topological polar surface area (TPSA) is 89.6 Å². The number of nitrogens with zero attached hydrogens (tertiary/aromatic N) is 2. The van der Waals surface area contributed by atoms with Crippen molar-refractivity contribution in [1.82, 2.24) is 4.98 Å².